The van der Waals surface area contributed by atoms with Crippen LogP contribution in [0, 0.1) is 20.8 Å². The summed E-state index contributed by atoms with van der Waals surface area (Å²) in [5.41, 5.74) is 5.84. The van der Waals surface area contributed by atoms with Gasteiger partial charge in [0, 0.05) is 0 Å². The molecule has 0 aliphatic heterocycles. The van der Waals surface area contributed by atoms with Gasteiger partial charge >= 0.3 is 0 Å². The van der Waals surface area contributed by atoms with Crippen molar-refractivity contribution in [3.8, 4) is 0 Å². The van der Waals surface area contributed by atoms with Gasteiger partial charge in [-0.05, 0) is 55.9 Å². The minimum atomic E-state index is 1.25. The van der Waals surface area contributed by atoms with Crippen molar-refractivity contribution in [3.05, 3.63) is 34.4 Å². The molecule has 0 heteroatoms. The highest BCUT2D eigenvalue weighted by atomic mass is 14.1. The maximum Gasteiger partial charge on any atom is -0.0279 e. The molecule has 0 heterocycles. The molecule has 14 heavy (non-hydrogen) atoms. The molecule has 0 aliphatic rings. The van der Waals surface area contributed by atoms with Gasteiger partial charge in [0.1, 0.15) is 0 Å². The zero-order valence-electron chi connectivity index (χ0n) is 9.98. The topological polar surface area (TPSA) is 0 Å². The predicted molar refractivity (Wildman–Crippen MR) is 63.9 cm³/mol. The van der Waals surface area contributed by atoms with E-state index in [9.17, 15) is 0 Å². The molecule has 0 unspecified atom stereocenters. The van der Waals surface area contributed by atoms with Crippen molar-refractivity contribution in [1.82, 2.24) is 0 Å². The lowest BCUT2D eigenvalue weighted by Gasteiger charge is -2.08. The van der Waals surface area contributed by atoms with Crippen LogP contribution in [-0.4, -0.2) is 0 Å². The van der Waals surface area contributed by atoms with Crippen molar-refractivity contribution in [3.63, 3.8) is 0 Å². The first-order valence-electron chi connectivity index (χ1n) is 5.72. The Morgan fingerprint density at radius 2 is 1.50 bits per heavy atom. The summed E-state index contributed by atoms with van der Waals surface area (Å²) in [6.45, 7) is 8.89. The minimum absolute atomic E-state index is 1.25. The van der Waals surface area contributed by atoms with E-state index in [2.05, 4.69) is 39.8 Å². The smallest absolute Gasteiger partial charge is 0.0279 e. The van der Waals surface area contributed by atoms with E-state index in [1.807, 2.05) is 0 Å². The number of benzene rings is 1. The Morgan fingerprint density at radius 3 is 2.00 bits per heavy atom. The molecule has 0 amide bonds. The molecule has 0 fully saturated rings. The van der Waals surface area contributed by atoms with E-state index < -0.39 is 0 Å². The normalized spacial score (nSPS) is 10.6. The average molecular weight is 190 g/mol. The van der Waals surface area contributed by atoms with Gasteiger partial charge in [-0.2, -0.15) is 0 Å². The Kier molecular flexibility index (Phi) is 4.19. The van der Waals surface area contributed by atoms with E-state index in [-0.39, 0.29) is 0 Å². The van der Waals surface area contributed by atoms with Gasteiger partial charge < -0.3 is 0 Å². The van der Waals surface area contributed by atoms with Gasteiger partial charge in [0.25, 0.3) is 0 Å². The molecule has 0 aliphatic carbocycles. The maximum atomic E-state index is 2.35. The number of unbranched alkanes of at least 4 members (excludes halogenated alkanes) is 2. The quantitative estimate of drug-likeness (QED) is 0.619. The average Bonchev–Trinajstić information content (AvgIpc) is 2.14. The fraction of sp³-hybridized carbons (Fsp3) is 0.571. The Bertz CT molecular complexity index is 274. The van der Waals surface area contributed by atoms with Crippen molar-refractivity contribution >= 4 is 0 Å². The van der Waals surface area contributed by atoms with Crippen LogP contribution in [0.2, 0.25) is 0 Å². The lowest BCUT2D eigenvalue weighted by atomic mass is 9.98. The largest absolute Gasteiger partial charge is 0.0654 e. The molecular weight excluding hydrogens is 168 g/mol. The predicted octanol–water partition coefficient (Wildman–Crippen LogP) is 4.34. The van der Waals surface area contributed by atoms with Gasteiger partial charge in [-0.25, -0.2) is 0 Å². The fourth-order valence-corrected chi connectivity index (χ4v) is 1.85. The lowest BCUT2D eigenvalue weighted by molar-refractivity contribution is 0.716. The molecule has 78 valence electrons. The summed E-state index contributed by atoms with van der Waals surface area (Å²) in [5.74, 6) is 0. The molecule has 0 aromatic heterocycles. The number of aryl methyl sites for hydroxylation is 3. The van der Waals surface area contributed by atoms with Crippen molar-refractivity contribution in [1.29, 1.82) is 0 Å². The van der Waals surface area contributed by atoms with Crippen LogP contribution in [0.15, 0.2) is 12.1 Å². The van der Waals surface area contributed by atoms with E-state index >= 15 is 0 Å². The molecule has 1 rings (SSSR count). The summed E-state index contributed by atoms with van der Waals surface area (Å²) in [6, 6.07) is 4.69. The second-order valence-corrected chi connectivity index (χ2v) is 4.31. The third kappa shape index (κ3) is 2.87. The fourth-order valence-electron chi connectivity index (χ4n) is 1.85. The molecule has 1 aromatic rings. The van der Waals surface area contributed by atoms with Gasteiger partial charge in [0.15, 0.2) is 0 Å². The van der Waals surface area contributed by atoms with E-state index in [0.29, 0.717) is 0 Å². The molecule has 0 saturated heterocycles. The summed E-state index contributed by atoms with van der Waals surface area (Å²) in [7, 11) is 0. The highest BCUT2D eigenvalue weighted by Gasteiger charge is 2.00. The van der Waals surface area contributed by atoms with Crippen LogP contribution < -0.4 is 0 Å². The first-order chi connectivity index (χ1) is 6.65. The summed E-state index contributed by atoms with van der Waals surface area (Å²) in [5, 5.41) is 0. The number of hydrogen-bond donors (Lipinski definition) is 0. The second kappa shape index (κ2) is 5.19. The molecule has 0 bridgehead atoms. The van der Waals surface area contributed by atoms with Crippen LogP contribution in [0.5, 0.6) is 0 Å². The molecule has 0 spiro atoms. The van der Waals surface area contributed by atoms with Crippen molar-refractivity contribution in [2.45, 2.75) is 53.4 Å². The van der Waals surface area contributed by atoms with Crippen molar-refractivity contribution in [2.24, 2.45) is 0 Å². The Hall–Kier alpha value is -0.780. The van der Waals surface area contributed by atoms with E-state index in [0.717, 1.165) is 0 Å². The highest BCUT2D eigenvalue weighted by Crippen LogP contribution is 2.17. The molecule has 1 aromatic carbocycles. The van der Waals surface area contributed by atoms with Gasteiger partial charge in [-0.15, -0.1) is 0 Å². The number of rotatable bonds is 4. The van der Waals surface area contributed by atoms with Gasteiger partial charge in [-0.1, -0.05) is 31.9 Å². The van der Waals surface area contributed by atoms with Crippen LogP contribution in [0.1, 0.15) is 48.4 Å². The van der Waals surface area contributed by atoms with E-state index in [1.165, 1.54) is 47.9 Å². The SMILES string of the molecule is CCCCCc1cc(C)c(C)c(C)c1. The summed E-state index contributed by atoms with van der Waals surface area (Å²) >= 11 is 0. The van der Waals surface area contributed by atoms with Crippen molar-refractivity contribution < 1.29 is 0 Å². The number of hydrogen-bond acceptors (Lipinski definition) is 0. The van der Waals surface area contributed by atoms with Gasteiger partial charge in [-0.3, -0.25) is 0 Å². The van der Waals surface area contributed by atoms with E-state index in [4.69, 9.17) is 0 Å². The molecular formula is C14H22. The minimum Gasteiger partial charge on any atom is -0.0654 e. The van der Waals surface area contributed by atoms with Crippen LogP contribution in [-0.2, 0) is 6.42 Å². The summed E-state index contributed by atoms with van der Waals surface area (Å²) < 4.78 is 0. The molecule has 0 atom stereocenters. The van der Waals surface area contributed by atoms with Gasteiger partial charge in [0.2, 0.25) is 0 Å². The lowest BCUT2D eigenvalue weighted by Crippen LogP contribution is -1.92. The van der Waals surface area contributed by atoms with E-state index in [1.54, 1.807) is 0 Å². The van der Waals surface area contributed by atoms with Crippen LogP contribution in [0.25, 0.3) is 0 Å². The zero-order valence-corrected chi connectivity index (χ0v) is 9.98. The van der Waals surface area contributed by atoms with Crippen molar-refractivity contribution in [2.75, 3.05) is 0 Å². The second-order valence-electron chi connectivity index (χ2n) is 4.31. The van der Waals surface area contributed by atoms with Crippen LogP contribution in [0.3, 0.4) is 0 Å². The Labute approximate surface area is 88.4 Å². The monoisotopic (exact) mass is 190 g/mol. The molecule has 0 N–H and O–H groups in total. The summed E-state index contributed by atoms with van der Waals surface area (Å²) in [4.78, 5) is 0. The third-order valence-corrected chi connectivity index (χ3v) is 3.06. The Balaban J connectivity index is 2.69. The maximum absolute atomic E-state index is 2.35. The molecule has 0 radical (unpaired) electrons. The molecule has 0 saturated carbocycles. The summed E-state index contributed by atoms with van der Waals surface area (Å²) in [6.07, 6.45) is 5.24. The first-order valence-corrected chi connectivity index (χ1v) is 5.72. The third-order valence-electron chi connectivity index (χ3n) is 3.06. The highest BCUT2D eigenvalue weighted by molar-refractivity contribution is 5.36. The first kappa shape index (κ1) is 11.3. The zero-order chi connectivity index (χ0) is 10.6. The van der Waals surface area contributed by atoms with Crippen LogP contribution in [0.4, 0.5) is 0 Å². The van der Waals surface area contributed by atoms with Gasteiger partial charge in [0.05, 0.1) is 0 Å². The standard InChI is InChI=1S/C14H22/c1-5-6-7-8-14-9-11(2)13(4)12(3)10-14/h9-10H,5-8H2,1-4H3. The Morgan fingerprint density at radius 1 is 0.929 bits per heavy atom. The van der Waals surface area contributed by atoms with Crippen LogP contribution >= 0.6 is 0 Å². The molecule has 0 nitrogen and oxygen atoms in total.